The highest BCUT2D eigenvalue weighted by Crippen LogP contribution is 2.45. The van der Waals surface area contributed by atoms with Gasteiger partial charge < -0.3 is 19.1 Å². The zero-order chi connectivity index (χ0) is 36.3. The summed E-state index contributed by atoms with van der Waals surface area (Å²) >= 11 is 0. The number of nitrogens with one attached hydrogen (secondary N) is 1. The number of carbonyl (C=O) groups excluding carboxylic acids is 1. The molecule has 1 amide bonds. The maximum Gasteiger partial charge on any atom is 0.412 e. The molecule has 1 aliphatic heterocycles. The summed E-state index contributed by atoms with van der Waals surface area (Å²) in [5.41, 5.74) is -0.280. The topological polar surface area (TPSA) is 60.0 Å². The number of hydrogen-bond acceptors (Lipinski definition) is 5. The molecule has 1 N–H and O–H groups in total. The Balaban J connectivity index is 1.50. The minimum atomic E-state index is -4.34. The van der Waals surface area contributed by atoms with Gasteiger partial charge in [-0.05, 0) is 140 Å². The predicted molar refractivity (Wildman–Crippen MR) is 186 cm³/mol. The molecule has 1 unspecified atom stereocenters. The minimum absolute atomic E-state index is 0.0375. The number of nitrogens with zero attached hydrogens (tertiary/aromatic N) is 1. The third-order valence-corrected chi connectivity index (χ3v) is 9.84. The van der Waals surface area contributed by atoms with Gasteiger partial charge >= 0.3 is 12.3 Å². The van der Waals surface area contributed by atoms with E-state index in [1.54, 1.807) is 33.9 Å². The van der Waals surface area contributed by atoms with Gasteiger partial charge in [0.25, 0.3) is 0 Å². The fourth-order valence-corrected chi connectivity index (χ4v) is 7.19. The number of benzene rings is 2. The van der Waals surface area contributed by atoms with Crippen molar-refractivity contribution in [3.63, 3.8) is 0 Å². The van der Waals surface area contributed by atoms with Crippen LogP contribution in [0.1, 0.15) is 98.1 Å². The number of alkyl halides is 3. The van der Waals surface area contributed by atoms with Gasteiger partial charge in [0, 0.05) is 25.1 Å². The van der Waals surface area contributed by atoms with E-state index in [1.807, 2.05) is 17.0 Å². The molecule has 1 heterocycles. The Bertz CT molecular complexity index is 1460. The summed E-state index contributed by atoms with van der Waals surface area (Å²) in [6, 6.07) is 12.8. The second kappa shape index (κ2) is 15.0. The van der Waals surface area contributed by atoms with Crippen molar-refractivity contribution in [2.45, 2.75) is 110 Å². The van der Waals surface area contributed by atoms with E-state index in [0.29, 0.717) is 39.0 Å². The van der Waals surface area contributed by atoms with Crippen LogP contribution in [-0.4, -0.2) is 61.7 Å². The van der Waals surface area contributed by atoms with E-state index in [-0.39, 0.29) is 29.2 Å². The summed E-state index contributed by atoms with van der Waals surface area (Å²) in [6.07, 6.45) is 1.41. The molecule has 2 aromatic carbocycles. The molecule has 272 valence electrons. The van der Waals surface area contributed by atoms with E-state index >= 15 is 0 Å². The molecule has 49 heavy (non-hydrogen) atoms. The molecule has 0 bridgehead atoms. The summed E-state index contributed by atoms with van der Waals surface area (Å²) in [5, 5.41) is 2.46. The lowest BCUT2D eigenvalue weighted by molar-refractivity contribution is -0.217. The van der Waals surface area contributed by atoms with Crippen LogP contribution in [0.2, 0.25) is 0 Å². The average Bonchev–Trinajstić information content (AvgIpc) is 2.99. The molecule has 4 rings (SSSR count). The van der Waals surface area contributed by atoms with Crippen LogP contribution in [0.3, 0.4) is 0 Å². The second-order valence-electron chi connectivity index (χ2n) is 16.1. The maximum absolute atomic E-state index is 15.0. The number of halogens is 4. The number of ether oxygens (including phenoxy) is 3. The Hall–Kier alpha value is -3.11. The molecule has 2 aliphatic rings. The Kier molecular flexibility index (Phi) is 11.9. The highest BCUT2D eigenvalue weighted by atomic mass is 19.4. The Morgan fingerprint density at radius 2 is 1.76 bits per heavy atom. The van der Waals surface area contributed by atoms with Crippen molar-refractivity contribution in [1.29, 1.82) is 0 Å². The highest BCUT2D eigenvalue weighted by Gasteiger charge is 2.49. The molecule has 1 aliphatic carbocycles. The monoisotopic (exact) mass is 690 g/mol. The maximum atomic E-state index is 15.0. The minimum Gasteiger partial charge on any atom is -0.497 e. The first-order valence-corrected chi connectivity index (χ1v) is 17.3. The molecule has 0 aromatic heterocycles. The van der Waals surface area contributed by atoms with Crippen molar-refractivity contribution in [2.75, 3.05) is 38.7 Å². The van der Waals surface area contributed by atoms with E-state index in [9.17, 15) is 22.4 Å². The van der Waals surface area contributed by atoms with Gasteiger partial charge in [0.15, 0.2) is 0 Å². The van der Waals surface area contributed by atoms with Crippen LogP contribution in [0.4, 0.5) is 28.0 Å². The molecule has 0 saturated carbocycles. The molecule has 10 heteroatoms. The first kappa shape index (κ1) is 38.7. The Labute approximate surface area is 289 Å². The first-order valence-electron chi connectivity index (χ1n) is 17.3. The molecule has 0 spiro atoms. The molecule has 2 atom stereocenters. The standard InChI is InChI=1S/C39H54F4N2O4/c1-35(2,3)49-34(46)44-33-18-13-29(23-32(33)40)28-11-9-27(10-12-28)24-45(26-36(4,5)39(41,42)43)21-19-38(20-22-48-37(6,7)25-38)30-14-16-31(47-8)17-15-30/h11,13-18,23,27H,9-10,12,19-22,24-26H2,1-8H3,(H,44,46)/t27?,38-/m1/s1. The van der Waals surface area contributed by atoms with E-state index in [0.717, 1.165) is 41.7 Å². The molecule has 1 saturated heterocycles. The molecule has 1 fully saturated rings. The van der Waals surface area contributed by atoms with Crippen molar-refractivity contribution in [3.05, 3.63) is 65.5 Å². The summed E-state index contributed by atoms with van der Waals surface area (Å²) in [7, 11) is 1.63. The number of rotatable bonds is 11. The zero-order valence-electron chi connectivity index (χ0n) is 30.4. The summed E-state index contributed by atoms with van der Waals surface area (Å²) in [6.45, 7) is 13.5. The average molecular weight is 691 g/mol. The molecular formula is C39H54F4N2O4. The lowest BCUT2D eigenvalue weighted by atomic mass is 9.67. The highest BCUT2D eigenvalue weighted by molar-refractivity contribution is 5.85. The Morgan fingerprint density at radius 1 is 1.06 bits per heavy atom. The number of carbonyl (C=O) groups is 1. The van der Waals surface area contributed by atoms with Crippen LogP contribution < -0.4 is 10.1 Å². The van der Waals surface area contributed by atoms with Crippen molar-refractivity contribution in [3.8, 4) is 5.75 Å². The number of allylic oxidation sites excluding steroid dienone is 2. The fraction of sp³-hybridized carbons (Fsp3) is 0.615. The van der Waals surface area contributed by atoms with Crippen LogP contribution in [0.15, 0.2) is 48.5 Å². The van der Waals surface area contributed by atoms with Crippen LogP contribution in [-0.2, 0) is 14.9 Å². The summed E-state index contributed by atoms with van der Waals surface area (Å²) in [5.74, 6) is 0.363. The lowest BCUT2D eigenvalue weighted by Crippen LogP contribution is -2.48. The number of methoxy groups -OCH3 is 1. The van der Waals surface area contributed by atoms with E-state index in [1.165, 1.54) is 26.0 Å². The van der Waals surface area contributed by atoms with Crippen molar-refractivity contribution >= 4 is 17.4 Å². The summed E-state index contributed by atoms with van der Waals surface area (Å²) in [4.78, 5) is 14.1. The number of anilines is 1. The van der Waals surface area contributed by atoms with Crippen LogP contribution in [0.5, 0.6) is 5.75 Å². The van der Waals surface area contributed by atoms with Gasteiger partial charge in [-0.1, -0.05) is 24.3 Å². The Morgan fingerprint density at radius 3 is 2.31 bits per heavy atom. The van der Waals surface area contributed by atoms with E-state index in [2.05, 4.69) is 37.4 Å². The molecule has 6 nitrogen and oxygen atoms in total. The van der Waals surface area contributed by atoms with Crippen LogP contribution in [0, 0.1) is 17.2 Å². The second-order valence-corrected chi connectivity index (χ2v) is 16.1. The van der Waals surface area contributed by atoms with E-state index in [4.69, 9.17) is 14.2 Å². The summed E-state index contributed by atoms with van der Waals surface area (Å²) < 4.78 is 74.3. The van der Waals surface area contributed by atoms with Gasteiger partial charge in [-0.15, -0.1) is 0 Å². The molecule has 0 radical (unpaired) electrons. The number of amides is 1. The van der Waals surface area contributed by atoms with Gasteiger partial charge in [0.05, 0.1) is 23.8 Å². The SMILES string of the molecule is COc1ccc([C@]2(CCN(CC3CC=C(c4ccc(NC(=O)OC(C)(C)C)c(F)c4)CC3)CC(C)(C)C(F)(F)F)CCOC(C)(C)C2)cc1. The molecular weight excluding hydrogens is 636 g/mol. The van der Waals surface area contributed by atoms with Crippen molar-refractivity contribution < 1.29 is 36.6 Å². The van der Waals surface area contributed by atoms with Crippen molar-refractivity contribution in [2.24, 2.45) is 11.3 Å². The normalized spacial score (nSPS) is 21.7. The van der Waals surface area contributed by atoms with Gasteiger partial charge in [-0.25, -0.2) is 9.18 Å². The van der Waals surface area contributed by atoms with Crippen LogP contribution >= 0.6 is 0 Å². The van der Waals surface area contributed by atoms with Crippen LogP contribution in [0.25, 0.3) is 5.57 Å². The van der Waals surface area contributed by atoms with Gasteiger partial charge in [0.2, 0.25) is 0 Å². The first-order chi connectivity index (χ1) is 22.7. The zero-order valence-corrected chi connectivity index (χ0v) is 30.4. The predicted octanol–water partition coefficient (Wildman–Crippen LogP) is 10.2. The third-order valence-electron chi connectivity index (χ3n) is 9.84. The fourth-order valence-electron chi connectivity index (χ4n) is 7.19. The number of hydrogen-bond donors (Lipinski definition) is 1. The molecule has 2 aromatic rings. The van der Waals surface area contributed by atoms with Gasteiger partial charge in [0.1, 0.15) is 17.2 Å². The smallest absolute Gasteiger partial charge is 0.412 e. The van der Waals surface area contributed by atoms with Gasteiger partial charge in [-0.3, -0.25) is 5.32 Å². The van der Waals surface area contributed by atoms with Crippen molar-refractivity contribution in [1.82, 2.24) is 4.90 Å². The lowest BCUT2D eigenvalue weighted by Gasteiger charge is -2.47. The van der Waals surface area contributed by atoms with Gasteiger partial charge in [-0.2, -0.15) is 13.2 Å². The van der Waals surface area contributed by atoms with E-state index < -0.39 is 29.1 Å². The largest absolute Gasteiger partial charge is 0.497 e. The third kappa shape index (κ3) is 10.5. The quantitative estimate of drug-likeness (QED) is 0.238.